The van der Waals surface area contributed by atoms with Crippen LogP contribution in [-0.2, 0) is 10.3 Å². The fraction of sp³-hybridized carbons (Fsp3) is 0.300. The highest BCUT2D eigenvalue weighted by Gasteiger charge is 2.26. The highest BCUT2D eigenvalue weighted by atomic mass is 16.6. The summed E-state index contributed by atoms with van der Waals surface area (Å²) >= 11 is 0. The Bertz CT molecular complexity index is 347. The second kappa shape index (κ2) is 3.57. The zero-order valence-corrected chi connectivity index (χ0v) is 8.15. The number of hydrogen-bond donors (Lipinski definition) is 2. The summed E-state index contributed by atoms with van der Waals surface area (Å²) in [7, 11) is 0. The van der Waals surface area contributed by atoms with Crippen molar-refractivity contribution in [2.45, 2.75) is 19.4 Å². The number of carbonyl (C=O) groups excluding carboxylic acids is 1. The molecule has 1 rings (SSSR count). The summed E-state index contributed by atoms with van der Waals surface area (Å²) in [6, 6.07) is 6.65. The molecule has 0 bridgehead atoms. The van der Waals surface area contributed by atoms with Crippen LogP contribution in [-0.4, -0.2) is 11.2 Å². The quantitative estimate of drug-likeness (QED) is 0.754. The van der Waals surface area contributed by atoms with Gasteiger partial charge in [0.1, 0.15) is 11.4 Å². The zero-order chi connectivity index (χ0) is 10.8. The topological polar surface area (TPSA) is 72.5 Å². The van der Waals surface area contributed by atoms with Crippen molar-refractivity contribution in [3.05, 3.63) is 29.8 Å². The normalized spacial score (nSPS) is 11.0. The maximum Gasteiger partial charge on any atom is 0.405 e. The van der Waals surface area contributed by atoms with Crippen LogP contribution in [0.5, 0.6) is 5.75 Å². The van der Waals surface area contributed by atoms with Crippen LogP contribution in [0.4, 0.5) is 4.79 Å². The predicted octanol–water partition coefficient (Wildman–Crippen LogP) is 1.72. The molecule has 3 N–H and O–H groups in total. The van der Waals surface area contributed by atoms with Gasteiger partial charge in [-0.15, -0.1) is 0 Å². The first-order chi connectivity index (χ1) is 6.43. The first kappa shape index (κ1) is 10.4. The molecule has 0 saturated carbocycles. The molecule has 0 aliphatic rings. The number of phenols is 1. The molecule has 4 heteroatoms. The zero-order valence-electron chi connectivity index (χ0n) is 8.15. The predicted molar refractivity (Wildman–Crippen MR) is 51.8 cm³/mol. The van der Waals surface area contributed by atoms with E-state index in [4.69, 9.17) is 10.5 Å². The molecule has 1 amide bonds. The van der Waals surface area contributed by atoms with E-state index in [0.29, 0.717) is 5.56 Å². The second-order valence-corrected chi connectivity index (χ2v) is 3.45. The Hall–Kier alpha value is -1.71. The van der Waals surface area contributed by atoms with Crippen LogP contribution in [0.3, 0.4) is 0 Å². The maximum absolute atomic E-state index is 10.6. The molecular formula is C10H13NO3. The van der Waals surface area contributed by atoms with Crippen LogP contribution >= 0.6 is 0 Å². The van der Waals surface area contributed by atoms with E-state index in [1.54, 1.807) is 32.0 Å². The number of para-hydroxylation sites is 1. The molecule has 0 spiro atoms. The van der Waals surface area contributed by atoms with Crippen molar-refractivity contribution in [2.75, 3.05) is 0 Å². The van der Waals surface area contributed by atoms with Gasteiger partial charge in [-0.2, -0.15) is 0 Å². The monoisotopic (exact) mass is 195 g/mol. The second-order valence-electron chi connectivity index (χ2n) is 3.45. The van der Waals surface area contributed by atoms with Crippen molar-refractivity contribution in [2.24, 2.45) is 5.73 Å². The fourth-order valence-corrected chi connectivity index (χ4v) is 1.29. The van der Waals surface area contributed by atoms with Gasteiger partial charge in [0.25, 0.3) is 0 Å². The molecule has 1 aromatic rings. The standard InChI is InChI=1S/C10H13NO3/c1-10(2,14-9(11)13)7-5-3-4-6-8(7)12/h3-6,12H,1-2H3,(H2,11,13). The van der Waals surface area contributed by atoms with E-state index in [9.17, 15) is 9.90 Å². The number of aromatic hydroxyl groups is 1. The van der Waals surface area contributed by atoms with Gasteiger partial charge in [-0.05, 0) is 19.9 Å². The first-order valence-corrected chi connectivity index (χ1v) is 4.20. The van der Waals surface area contributed by atoms with E-state index >= 15 is 0 Å². The molecule has 0 heterocycles. The summed E-state index contributed by atoms with van der Waals surface area (Å²) < 4.78 is 4.88. The van der Waals surface area contributed by atoms with E-state index in [2.05, 4.69) is 0 Å². The number of carbonyl (C=O) groups is 1. The van der Waals surface area contributed by atoms with Crippen LogP contribution in [0.1, 0.15) is 19.4 Å². The lowest BCUT2D eigenvalue weighted by Crippen LogP contribution is -2.28. The summed E-state index contributed by atoms with van der Waals surface area (Å²) in [4.78, 5) is 10.6. The van der Waals surface area contributed by atoms with Gasteiger partial charge in [0, 0.05) is 5.56 Å². The van der Waals surface area contributed by atoms with E-state index in [0.717, 1.165) is 0 Å². The van der Waals surface area contributed by atoms with Crippen molar-refractivity contribution >= 4 is 6.09 Å². The SMILES string of the molecule is CC(C)(OC(N)=O)c1ccccc1O. The Kier molecular flexibility index (Phi) is 2.65. The van der Waals surface area contributed by atoms with Gasteiger partial charge in [-0.25, -0.2) is 4.79 Å². The third-order valence-electron chi connectivity index (χ3n) is 1.91. The Morgan fingerprint density at radius 2 is 2.00 bits per heavy atom. The Morgan fingerprint density at radius 1 is 1.43 bits per heavy atom. The Labute approximate surface area is 82.3 Å². The third-order valence-corrected chi connectivity index (χ3v) is 1.91. The number of ether oxygens (including phenoxy) is 1. The highest BCUT2D eigenvalue weighted by Crippen LogP contribution is 2.31. The summed E-state index contributed by atoms with van der Waals surface area (Å²) in [5, 5.41) is 9.53. The lowest BCUT2D eigenvalue weighted by molar-refractivity contribution is 0.0416. The molecule has 0 fully saturated rings. The number of rotatable bonds is 2. The van der Waals surface area contributed by atoms with E-state index in [-0.39, 0.29) is 5.75 Å². The fourth-order valence-electron chi connectivity index (χ4n) is 1.29. The number of benzene rings is 1. The van der Waals surface area contributed by atoms with Crippen molar-refractivity contribution in [1.82, 2.24) is 0 Å². The number of phenolic OH excluding ortho intramolecular Hbond substituents is 1. The largest absolute Gasteiger partial charge is 0.508 e. The maximum atomic E-state index is 10.6. The molecule has 0 aliphatic carbocycles. The van der Waals surface area contributed by atoms with Gasteiger partial charge in [0.2, 0.25) is 0 Å². The van der Waals surface area contributed by atoms with Crippen molar-refractivity contribution in [3.63, 3.8) is 0 Å². The summed E-state index contributed by atoms with van der Waals surface area (Å²) in [5.41, 5.74) is 4.53. The molecule has 0 aliphatic heterocycles. The molecule has 4 nitrogen and oxygen atoms in total. The number of primary amides is 1. The summed E-state index contributed by atoms with van der Waals surface area (Å²) in [6.07, 6.45) is -0.863. The van der Waals surface area contributed by atoms with Gasteiger partial charge in [-0.1, -0.05) is 18.2 Å². The highest BCUT2D eigenvalue weighted by molar-refractivity contribution is 5.65. The van der Waals surface area contributed by atoms with Crippen LogP contribution in [0, 0.1) is 0 Å². The lowest BCUT2D eigenvalue weighted by atomic mass is 9.97. The van der Waals surface area contributed by atoms with E-state index in [1.807, 2.05) is 0 Å². The number of amides is 1. The average Bonchev–Trinajstić information content (AvgIpc) is 2.02. The molecule has 0 unspecified atom stereocenters. The number of hydrogen-bond acceptors (Lipinski definition) is 3. The molecule has 0 radical (unpaired) electrons. The van der Waals surface area contributed by atoms with Gasteiger partial charge in [0.15, 0.2) is 0 Å². The molecule has 0 aromatic heterocycles. The van der Waals surface area contributed by atoms with Gasteiger partial charge in [0.05, 0.1) is 0 Å². The minimum atomic E-state index is -0.919. The van der Waals surface area contributed by atoms with E-state index < -0.39 is 11.7 Å². The van der Waals surface area contributed by atoms with Gasteiger partial charge < -0.3 is 15.6 Å². The Morgan fingerprint density at radius 3 is 2.50 bits per heavy atom. The minimum Gasteiger partial charge on any atom is -0.508 e. The molecule has 1 aromatic carbocycles. The lowest BCUT2D eigenvalue weighted by Gasteiger charge is -2.24. The van der Waals surface area contributed by atoms with Crippen molar-refractivity contribution in [3.8, 4) is 5.75 Å². The van der Waals surface area contributed by atoms with Crippen LogP contribution < -0.4 is 5.73 Å². The van der Waals surface area contributed by atoms with E-state index in [1.165, 1.54) is 6.07 Å². The smallest absolute Gasteiger partial charge is 0.405 e. The molecular weight excluding hydrogens is 182 g/mol. The average molecular weight is 195 g/mol. The molecule has 14 heavy (non-hydrogen) atoms. The van der Waals surface area contributed by atoms with Crippen molar-refractivity contribution in [1.29, 1.82) is 0 Å². The van der Waals surface area contributed by atoms with Gasteiger partial charge in [-0.3, -0.25) is 0 Å². The third kappa shape index (κ3) is 2.16. The van der Waals surface area contributed by atoms with Crippen LogP contribution in [0.2, 0.25) is 0 Å². The van der Waals surface area contributed by atoms with Gasteiger partial charge >= 0.3 is 6.09 Å². The molecule has 0 saturated heterocycles. The number of nitrogens with two attached hydrogens (primary N) is 1. The van der Waals surface area contributed by atoms with Crippen molar-refractivity contribution < 1.29 is 14.6 Å². The minimum absolute atomic E-state index is 0.0822. The van der Waals surface area contributed by atoms with Crippen LogP contribution in [0.15, 0.2) is 24.3 Å². The molecule has 0 atom stereocenters. The van der Waals surface area contributed by atoms with Crippen LogP contribution in [0.25, 0.3) is 0 Å². The summed E-state index contributed by atoms with van der Waals surface area (Å²) in [6.45, 7) is 3.32. The Balaban J connectivity index is 3.03. The molecule has 76 valence electrons. The summed E-state index contributed by atoms with van der Waals surface area (Å²) in [5.74, 6) is 0.0822. The first-order valence-electron chi connectivity index (χ1n) is 4.20.